The summed E-state index contributed by atoms with van der Waals surface area (Å²) in [6.45, 7) is 3.58. The second kappa shape index (κ2) is 7.48. The zero-order valence-corrected chi connectivity index (χ0v) is 16.6. The second-order valence-electron chi connectivity index (χ2n) is 7.22. The van der Waals surface area contributed by atoms with E-state index < -0.39 is 9.84 Å². The van der Waals surface area contributed by atoms with Gasteiger partial charge in [-0.15, -0.1) is 0 Å². The van der Waals surface area contributed by atoms with E-state index >= 15 is 0 Å². The standard InChI is InChI=1S/C18H23ClN2O5S/c19-15-10-13(11-16-17(15)26-8-1-7-25-16)18(22)21-5-3-20(4-6-21)14-2-9-27(23,24)12-14/h10-11,14H,1-9,12H2/t14-/m0/s1. The van der Waals surface area contributed by atoms with Crippen molar-refractivity contribution in [1.29, 1.82) is 0 Å². The molecule has 2 fully saturated rings. The Balaban J connectivity index is 1.42. The van der Waals surface area contributed by atoms with Crippen LogP contribution in [0, 0.1) is 0 Å². The molecule has 27 heavy (non-hydrogen) atoms. The topological polar surface area (TPSA) is 76.2 Å². The van der Waals surface area contributed by atoms with Gasteiger partial charge < -0.3 is 14.4 Å². The summed E-state index contributed by atoms with van der Waals surface area (Å²) in [4.78, 5) is 16.9. The summed E-state index contributed by atoms with van der Waals surface area (Å²) in [5.41, 5.74) is 0.487. The lowest BCUT2D eigenvalue weighted by Gasteiger charge is -2.37. The van der Waals surface area contributed by atoms with Crippen LogP contribution >= 0.6 is 11.6 Å². The molecule has 0 aliphatic carbocycles. The molecule has 1 amide bonds. The number of ether oxygens (including phenoxy) is 2. The van der Waals surface area contributed by atoms with Gasteiger partial charge in [0, 0.05) is 44.2 Å². The summed E-state index contributed by atoms with van der Waals surface area (Å²) in [5.74, 6) is 1.42. The molecule has 0 N–H and O–H groups in total. The summed E-state index contributed by atoms with van der Waals surface area (Å²) in [7, 11) is -2.90. The summed E-state index contributed by atoms with van der Waals surface area (Å²) in [5, 5.41) is 0.382. The van der Waals surface area contributed by atoms with Gasteiger partial charge in [0.25, 0.3) is 5.91 Å². The SMILES string of the molecule is O=C(c1cc(Cl)c2c(c1)OCCCO2)N1CCN([C@H]2CCS(=O)(=O)C2)CC1. The smallest absolute Gasteiger partial charge is 0.254 e. The van der Waals surface area contributed by atoms with Crippen LogP contribution in [0.15, 0.2) is 12.1 Å². The van der Waals surface area contributed by atoms with Gasteiger partial charge in [-0.05, 0) is 18.6 Å². The lowest BCUT2D eigenvalue weighted by Crippen LogP contribution is -2.52. The predicted octanol–water partition coefficient (Wildman–Crippen LogP) is 1.45. The number of piperazine rings is 1. The normalized spacial score (nSPS) is 25.2. The molecule has 3 aliphatic heterocycles. The first kappa shape index (κ1) is 18.8. The van der Waals surface area contributed by atoms with Crippen molar-refractivity contribution in [2.75, 3.05) is 50.9 Å². The molecule has 1 aromatic carbocycles. The Morgan fingerprint density at radius 3 is 2.56 bits per heavy atom. The third kappa shape index (κ3) is 4.02. The van der Waals surface area contributed by atoms with Gasteiger partial charge in [0.2, 0.25) is 0 Å². The summed E-state index contributed by atoms with van der Waals surface area (Å²) >= 11 is 6.30. The van der Waals surface area contributed by atoms with E-state index in [9.17, 15) is 13.2 Å². The number of benzene rings is 1. The first-order chi connectivity index (χ1) is 12.9. The van der Waals surface area contributed by atoms with Gasteiger partial charge in [-0.2, -0.15) is 0 Å². The maximum absolute atomic E-state index is 12.9. The zero-order valence-electron chi connectivity index (χ0n) is 15.0. The highest BCUT2D eigenvalue weighted by atomic mass is 35.5. The molecule has 0 unspecified atom stereocenters. The highest BCUT2D eigenvalue weighted by Gasteiger charge is 2.34. The van der Waals surface area contributed by atoms with Crippen LogP contribution in [0.25, 0.3) is 0 Å². The lowest BCUT2D eigenvalue weighted by molar-refractivity contribution is 0.0587. The quantitative estimate of drug-likeness (QED) is 0.729. The fraction of sp³-hybridized carbons (Fsp3) is 0.611. The Morgan fingerprint density at radius 2 is 1.85 bits per heavy atom. The Bertz CT molecular complexity index is 836. The van der Waals surface area contributed by atoms with Gasteiger partial charge in [0.1, 0.15) is 0 Å². The van der Waals surface area contributed by atoms with Gasteiger partial charge >= 0.3 is 0 Å². The van der Waals surface area contributed by atoms with Crippen LogP contribution in [0.3, 0.4) is 0 Å². The van der Waals surface area contributed by atoms with E-state index in [1.54, 1.807) is 17.0 Å². The Labute approximate surface area is 164 Å². The number of rotatable bonds is 2. The maximum atomic E-state index is 12.9. The summed E-state index contributed by atoms with van der Waals surface area (Å²) < 4.78 is 34.7. The van der Waals surface area contributed by atoms with Crippen LogP contribution in [0.4, 0.5) is 0 Å². The number of sulfone groups is 1. The van der Waals surface area contributed by atoms with Crippen molar-refractivity contribution in [1.82, 2.24) is 9.80 Å². The minimum Gasteiger partial charge on any atom is -0.489 e. The third-order valence-electron chi connectivity index (χ3n) is 5.38. The van der Waals surface area contributed by atoms with Crippen molar-refractivity contribution in [2.45, 2.75) is 18.9 Å². The molecule has 0 saturated carbocycles. The molecule has 4 rings (SSSR count). The molecular formula is C18H23ClN2O5S. The Hall–Kier alpha value is -1.51. The molecule has 1 atom stereocenters. The number of halogens is 1. The molecule has 9 heteroatoms. The number of nitrogens with zero attached hydrogens (tertiary/aromatic N) is 2. The average Bonchev–Trinajstić information content (AvgIpc) is 2.86. The minimum atomic E-state index is -2.90. The number of carbonyl (C=O) groups is 1. The molecule has 148 valence electrons. The van der Waals surface area contributed by atoms with Crippen molar-refractivity contribution in [3.63, 3.8) is 0 Å². The fourth-order valence-corrected chi connectivity index (χ4v) is 5.92. The van der Waals surface area contributed by atoms with Gasteiger partial charge in [-0.3, -0.25) is 9.69 Å². The van der Waals surface area contributed by atoms with Crippen molar-refractivity contribution in [2.24, 2.45) is 0 Å². The molecule has 3 aliphatic rings. The van der Waals surface area contributed by atoms with Gasteiger partial charge in [0.15, 0.2) is 21.3 Å². The number of amides is 1. The molecule has 0 aromatic heterocycles. The van der Waals surface area contributed by atoms with Gasteiger partial charge in [-0.1, -0.05) is 11.6 Å². The fourth-order valence-electron chi connectivity index (χ4n) is 3.89. The molecule has 3 heterocycles. The first-order valence-electron chi connectivity index (χ1n) is 9.26. The highest BCUT2D eigenvalue weighted by Crippen LogP contribution is 2.38. The largest absolute Gasteiger partial charge is 0.489 e. The maximum Gasteiger partial charge on any atom is 0.254 e. The van der Waals surface area contributed by atoms with E-state index in [4.69, 9.17) is 21.1 Å². The van der Waals surface area contributed by atoms with Crippen LogP contribution in [0.5, 0.6) is 11.5 Å². The molecule has 0 bridgehead atoms. The summed E-state index contributed by atoms with van der Waals surface area (Å²) in [6.07, 6.45) is 1.46. The van der Waals surface area contributed by atoms with E-state index in [1.165, 1.54) is 0 Å². The molecule has 1 aromatic rings. The van der Waals surface area contributed by atoms with Crippen molar-refractivity contribution in [3.8, 4) is 11.5 Å². The summed E-state index contributed by atoms with van der Waals surface area (Å²) in [6, 6.07) is 3.41. The Kier molecular flexibility index (Phi) is 5.22. The van der Waals surface area contributed by atoms with Crippen LogP contribution in [-0.4, -0.2) is 81.1 Å². The van der Waals surface area contributed by atoms with E-state index in [0.717, 1.165) is 6.42 Å². The van der Waals surface area contributed by atoms with Crippen molar-refractivity contribution < 1.29 is 22.7 Å². The van der Waals surface area contributed by atoms with Crippen LogP contribution in [0.2, 0.25) is 5.02 Å². The molecule has 2 saturated heterocycles. The van der Waals surface area contributed by atoms with E-state index in [2.05, 4.69) is 4.90 Å². The monoisotopic (exact) mass is 414 g/mol. The number of hydrogen-bond acceptors (Lipinski definition) is 6. The number of carbonyl (C=O) groups excluding carboxylic acids is 1. The molecule has 7 nitrogen and oxygen atoms in total. The number of hydrogen-bond donors (Lipinski definition) is 0. The van der Waals surface area contributed by atoms with E-state index in [-0.39, 0.29) is 23.5 Å². The van der Waals surface area contributed by atoms with Crippen molar-refractivity contribution >= 4 is 27.3 Å². The zero-order chi connectivity index (χ0) is 19.0. The van der Waals surface area contributed by atoms with E-state index in [1.807, 2.05) is 0 Å². The average molecular weight is 415 g/mol. The Morgan fingerprint density at radius 1 is 1.11 bits per heavy atom. The molecule has 0 spiro atoms. The predicted molar refractivity (Wildman–Crippen MR) is 102 cm³/mol. The lowest BCUT2D eigenvalue weighted by atomic mass is 10.1. The van der Waals surface area contributed by atoms with Gasteiger partial charge in [0.05, 0.1) is 29.7 Å². The highest BCUT2D eigenvalue weighted by molar-refractivity contribution is 7.91. The van der Waals surface area contributed by atoms with Crippen LogP contribution in [0.1, 0.15) is 23.2 Å². The second-order valence-corrected chi connectivity index (χ2v) is 9.86. The molecular weight excluding hydrogens is 392 g/mol. The van der Waals surface area contributed by atoms with Crippen LogP contribution < -0.4 is 9.47 Å². The number of fused-ring (bicyclic) bond motifs is 1. The van der Waals surface area contributed by atoms with Gasteiger partial charge in [-0.25, -0.2) is 8.42 Å². The van der Waals surface area contributed by atoms with Crippen molar-refractivity contribution in [3.05, 3.63) is 22.7 Å². The van der Waals surface area contributed by atoms with E-state index in [0.29, 0.717) is 67.9 Å². The van der Waals surface area contributed by atoms with Crippen LogP contribution in [-0.2, 0) is 9.84 Å². The minimum absolute atomic E-state index is 0.0831. The third-order valence-corrected chi connectivity index (χ3v) is 7.41. The molecule has 0 radical (unpaired) electrons. The first-order valence-corrected chi connectivity index (χ1v) is 11.5.